The van der Waals surface area contributed by atoms with Gasteiger partial charge in [-0.3, -0.25) is 14.4 Å². The molecule has 0 fully saturated rings. The Balaban J connectivity index is 4.35. The molecule has 0 aromatic rings. The van der Waals surface area contributed by atoms with E-state index >= 15 is 0 Å². The molecule has 0 aliphatic rings. The zero-order valence-electron chi connectivity index (χ0n) is 49.5. The van der Waals surface area contributed by atoms with Crippen molar-refractivity contribution in [3.63, 3.8) is 0 Å². The molecule has 0 saturated carbocycles. The van der Waals surface area contributed by atoms with Crippen LogP contribution in [0.4, 0.5) is 0 Å². The van der Waals surface area contributed by atoms with E-state index in [4.69, 9.17) is 14.2 Å². The van der Waals surface area contributed by atoms with Gasteiger partial charge in [-0.25, -0.2) is 0 Å². The lowest BCUT2D eigenvalue weighted by Gasteiger charge is -2.18. The van der Waals surface area contributed by atoms with E-state index in [-0.39, 0.29) is 31.1 Å². The van der Waals surface area contributed by atoms with Gasteiger partial charge in [0.2, 0.25) is 0 Å². The third kappa shape index (κ3) is 60.7. The van der Waals surface area contributed by atoms with Crippen LogP contribution < -0.4 is 0 Å². The molecular weight excluding hydrogens is 937 g/mol. The van der Waals surface area contributed by atoms with E-state index in [0.29, 0.717) is 19.3 Å². The molecule has 6 nitrogen and oxygen atoms in total. The third-order valence-corrected chi connectivity index (χ3v) is 13.2. The Kier molecular flexibility index (Phi) is 59.9. The molecule has 0 aliphatic carbocycles. The van der Waals surface area contributed by atoms with E-state index in [1.165, 1.54) is 103 Å². The number of carbonyl (C=O) groups is 3. The molecule has 0 aliphatic heterocycles. The number of ether oxygens (including phenoxy) is 3. The Morgan fingerprint density at radius 1 is 0.276 bits per heavy atom. The smallest absolute Gasteiger partial charge is 0.306 e. The van der Waals surface area contributed by atoms with Crippen molar-refractivity contribution < 1.29 is 28.6 Å². The predicted octanol–water partition coefficient (Wildman–Crippen LogP) is 21.6. The summed E-state index contributed by atoms with van der Waals surface area (Å²) >= 11 is 0. The summed E-state index contributed by atoms with van der Waals surface area (Å²) in [4.78, 5) is 38.3. The molecule has 0 N–H and O–H groups in total. The van der Waals surface area contributed by atoms with Gasteiger partial charge in [0.15, 0.2) is 6.10 Å². The first kappa shape index (κ1) is 71.8. The Bertz CT molecular complexity index is 1590. The zero-order chi connectivity index (χ0) is 55.0. The summed E-state index contributed by atoms with van der Waals surface area (Å²) in [5.41, 5.74) is 0. The highest BCUT2D eigenvalue weighted by atomic mass is 16.6. The summed E-state index contributed by atoms with van der Waals surface area (Å²) < 4.78 is 16.9. The molecule has 0 aromatic carbocycles. The summed E-state index contributed by atoms with van der Waals surface area (Å²) in [6.07, 6.45) is 87.7. The molecule has 1 unspecified atom stereocenters. The van der Waals surface area contributed by atoms with Crippen LogP contribution in [0.3, 0.4) is 0 Å². The molecule has 0 radical (unpaired) electrons. The summed E-state index contributed by atoms with van der Waals surface area (Å²) in [6, 6.07) is 0. The van der Waals surface area contributed by atoms with Crippen LogP contribution in [0.15, 0.2) is 122 Å². The van der Waals surface area contributed by atoms with Crippen LogP contribution in [0.2, 0.25) is 0 Å². The monoisotopic (exact) mass is 1050 g/mol. The Labute approximate surface area is 469 Å². The fourth-order valence-electron chi connectivity index (χ4n) is 8.45. The number of carbonyl (C=O) groups excluding carboxylic acids is 3. The van der Waals surface area contributed by atoms with Crippen LogP contribution in [-0.2, 0) is 28.6 Å². The van der Waals surface area contributed by atoms with Crippen molar-refractivity contribution in [2.45, 2.75) is 290 Å². The molecule has 0 amide bonds. The minimum Gasteiger partial charge on any atom is -0.462 e. The van der Waals surface area contributed by atoms with Gasteiger partial charge < -0.3 is 14.2 Å². The maximum absolute atomic E-state index is 12.9. The van der Waals surface area contributed by atoms with Gasteiger partial charge in [0, 0.05) is 19.3 Å². The quantitative estimate of drug-likeness (QED) is 0.0261. The molecule has 0 saturated heterocycles. The average Bonchev–Trinajstić information content (AvgIpc) is 3.42. The van der Waals surface area contributed by atoms with Gasteiger partial charge >= 0.3 is 17.9 Å². The summed E-state index contributed by atoms with van der Waals surface area (Å²) in [5.74, 6) is -0.924. The molecule has 0 aromatic heterocycles. The molecule has 0 heterocycles. The van der Waals surface area contributed by atoms with Crippen LogP contribution in [-0.4, -0.2) is 37.2 Å². The largest absolute Gasteiger partial charge is 0.462 e. The fourth-order valence-corrected chi connectivity index (χ4v) is 8.45. The number of unbranched alkanes of at least 4 members (excludes halogenated alkanes) is 25. The van der Waals surface area contributed by atoms with Gasteiger partial charge in [-0.1, -0.05) is 251 Å². The first-order valence-electron chi connectivity index (χ1n) is 31.5. The average molecular weight is 1050 g/mol. The Morgan fingerprint density at radius 3 is 0.842 bits per heavy atom. The first-order valence-corrected chi connectivity index (χ1v) is 31.5. The topological polar surface area (TPSA) is 78.9 Å². The standard InChI is InChI=1S/C70H116O6/c1-4-7-10-13-16-19-22-25-28-29-30-31-32-33-34-35-36-37-38-39-40-41-43-45-48-51-54-57-60-63-69(72)75-66-67(65-74-68(71)62-59-56-53-50-47-44-27-24-21-18-15-12-9-6-3)76-70(73)64-61-58-55-52-49-46-42-26-23-20-17-14-11-8-5-2/h7,10,16-17,19-20,24-28,30-31,33-34,36-37,39-40,42,67H,4-6,8-9,11-15,18,21-23,29,32,35,38,41,43-66H2,1-3H3/b10-7-,19-16-,20-17-,27-24-,28-25-,31-30-,34-33-,37-36-,40-39-,42-26-. The van der Waals surface area contributed by atoms with Crippen molar-refractivity contribution >= 4 is 17.9 Å². The first-order chi connectivity index (χ1) is 37.5. The molecule has 6 heteroatoms. The van der Waals surface area contributed by atoms with Crippen LogP contribution in [0.5, 0.6) is 0 Å². The van der Waals surface area contributed by atoms with Crippen molar-refractivity contribution in [2.75, 3.05) is 13.2 Å². The van der Waals surface area contributed by atoms with E-state index in [1.54, 1.807) is 0 Å². The highest BCUT2D eigenvalue weighted by Gasteiger charge is 2.19. The van der Waals surface area contributed by atoms with Crippen molar-refractivity contribution in [3.8, 4) is 0 Å². The van der Waals surface area contributed by atoms with E-state index < -0.39 is 6.10 Å². The van der Waals surface area contributed by atoms with E-state index in [2.05, 4.69) is 142 Å². The van der Waals surface area contributed by atoms with Gasteiger partial charge in [-0.2, -0.15) is 0 Å². The molecule has 76 heavy (non-hydrogen) atoms. The van der Waals surface area contributed by atoms with Crippen molar-refractivity contribution in [3.05, 3.63) is 122 Å². The number of esters is 3. The second-order valence-corrected chi connectivity index (χ2v) is 20.6. The SMILES string of the molecule is CC/C=C\C/C=C\C/C=C\C/C=C\C/C=C\C/C=C\C/C=C\CCCCCCCCCC(=O)OCC(COC(=O)CCCCCCC/C=C\CCCCCCC)OC(=O)CCCCCCC/C=C\C/C=C\CCCCC. The molecule has 0 rings (SSSR count). The van der Waals surface area contributed by atoms with Gasteiger partial charge in [-0.15, -0.1) is 0 Å². The maximum Gasteiger partial charge on any atom is 0.306 e. The fraction of sp³-hybridized carbons (Fsp3) is 0.671. The summed E-state index contributed by atoms with van der Waals surface area (Å²) in [6.45, 7) is 6.47. The molecule has 0 spiro atoms. The van der Waals surface area contributed by atoms with E-state index in [1.807, 2.05) is 0 Å². The second-order valence-electron chi connectivity index (χ2n) is 20.6. The molecule has 0 bridgehead atoms. The Hall–Kier alpha value is -4.19. The lowest BCUT2D eigenvalue weighted by molar-refractivity contribution is -0.167. The number of allylic oxidation sites excluding steroid dienone is 20. The summed E-state index contributed by atoms with van der Waals surface area (Å²) in [7, 11) is 0. The zero-order valence-corrected chi connectivity index (χ0v) is 49.5. The predicted molar refractivity (Wildman–Crippen MR) is 330 cm³/mol. The lowest BCUT2D eigenvalue weighted by Crippen LogP contribution is -2.30. The highest BCUT2D eigenvalue weighted by Crippen LogP contribution is 2.14. The second kappa shape index (κ2) is 63.3. The van der Waals surface area contributed by atoms with Crippen LogP contribution in [0, 0.1) is 0 Å². The van der Waals surface area contributed by atoms with Crippen molar-refractivity contribution in [1.29, 1.82) is 0 Å². The summed E-state index contributed by atoms with van der Waals surface area (Å²) in [5, 5.41) is 0. The molecular formula is C70H116O6. The Morgan fingerprint density at radius 2 is 0.513 bits per heavy atom. The van der Waals surface area contributed by atoms with Gasteiger partial charge in [0.05, 0.1) is 0 Å². The van der Waals surface area contributed by atoms with Crippen molar-refractivity contribution in [2.24, 2.45) is 0 Å². The van der Waals surface area contributed by atoms with Crippen LogP contribution in [0.1, 0.15) is 284 Å². The number of hydrogen-bond acceptors (Lipinski definition) is 6. The van der Waals surface area contributed by atoms with Gasteiger partial charge in [0.25, 0.3) is 0 Å². The maximum atomic E-state index is 12.9. The number of rotatable bonds is 56. The minimum absolute atomic E-state index is 0.0930. The minimum atomic E-state index is -0.797. The molecule has 1 atom stereocenters. The number of hydrogen-bond donors (Lipinski definition) is 0. The van der Waals surface area contributed by atoms with Crippen molar-refractivity contribution in [1.82, 2.24) is 0 Å². The lowest BCUT2D eigenvalue weighted by atomic mass is 10.1. The van der Waals surface area contributed by atoms with Crippen LogP contribution in [0.25, 0.3) is 0 Å². The normalized spacial score (nSPS) is 12.9. The van der Waals surface area contributed by atoms with E-state index in [0.717, 1.165) is 141 Å². The highest BCUT2D eigenvalue weighted by molar-refractivity contribution is 5.71. The molecule has 432 valence electrons. The van der Waals surface area contributed by atoms with Gasteiger partial charge in [-0.05, 0) is 135 Å². The third-order valence-electron chi connectivity index (χ3n) is 13.2. The van der Waals surface area contributed by atoms with E-state index in [9.17, 15) is 14.4 Å². The van der Waals surface area contributed by atoms with Gasteiger partial charge in [0.1, 0.15) is 13.2 Å². The van der Waals surface area contributed by atoms with Crippen LogP contribution >= 0.6 is 0 Å².